The average molecular weight is 398 g/mol. The standard InChI is InChI=1S/C23H18N4O3/c1-15(28)24-19-10-12-20(13-11-19)25-22(29)17-8-5-9-18(14-17)23-26-21(27-30-23)16-6-3-2-4-7-16/h2-14H,1H3,(H,24,28)(H,25,29). The number of hydrogen-bond acceptors (Lipinski definition) is 5. The van der Waals surface area contributed by atoms with E-state index >= 15 is 0 Å². The number of carbonyl (C=O) groups excluding carboxylic acids is 2. The highest BCUT2D eigenvalue weighted by Gasteiger charge is 2.13. The summed E-state index contributed by atoms with van der Waals surface area (Å²) < 4.78 is 5.38. The molecule has 1 aromatic heterocycles. The largest absolute Gasteiger partial charge is 0.334 e. The summed E-state index contributed by atoms with van der Waals surface area (Å²) in [5.41, 5.74) is 3.23. The van der Waals surface area contributed by atoms with Gasteiger partial charge in [0.15, 0.2) is 0 Å². The molecule has 7 heteroatoms. The van der Waals surface area contributed by atoms with Crippen molar-refractivity contribution in [1.29, 1.82) is 0 Å². The summed E-state index contributed by atoms with van der Waals surface area (Å²) in [6.07, 6.45) is 0. The predicted octanol–water partition coefficient (Wildman–Crippen LogP) is 4.61. The number of benzene rings is 3. The monoisotopic (exact) mass is 398 g/mol. The van der Waals surface area contributed by atoms with Gasteiger partial charge in [-0.2, -0.15) is 4.98 Å². The van der Waals surface area contributed by atoms with Gasteiger partial charge in [0.05, 0.1) is 0 Å². The van der Waals surface area contributed by atoms with Gasteiger partial charge >= 0.3 is 0 Å². The van der Waals surface area contributed by atoms with Crippen LogP contribution in [0, 0.1) is 0 Å². The van der Waals surface area contributed by atoms with Gasteiger partial charge in [-0.15, -0.1) is 0 Å². The third kappa shape index (κ3) is 4.41. The van der Waals surface area contributed by atoms with Gasteiger partial charge in [0, 0.05) is 35.0 Å². The van der Waals surface area contributed by atoms with Crippen LogP contribution in [0.25, 0.3) is 22.8 Å². The van der Waals surface area contributed by atoms with Gasteiger partial charge in [0.25, 0.3) is 11.8 Å². The summed E-state index contributed by atoms with van der Waals surface area (Å²) in [6.45, 7) is 1.44. The van der Waals surface area contributed by atoms with E-state index in [1.54, 1.807) is 48.5 Å². The SMILES string of the molecule is CC(=O)Nc1ccc(NC(=O)c2cccc(-c3nc(-c4ccccc4)no3)c2)cc1. The molecule has 0 saturated heterocycles. The van der Waals surface area contributed by atoms with Crippen LogP contribution in [0.5, 0.6) is 0 Å². The van der Waals surface area contributed by atoms with Crippen molar-refractivity contribution in [1.82, 2.24) is 10.1 Å². The number of amides is 2. The summed E-state index contributed by atoms with van der Waals surface area (Å²) in [7, 11) is 0. The second-order valence-corrected chi connectivity index (χ2v) is 6.58. The Kier molecular flexibility index (Phi) is 5.34. The van der Waals surface area contributed by atoms with Crippen molar-refractivity contribution in [2.24, 2.45) is 0 Å². The van der Waals surface area contributed by atoms with E-state index in [1.807, 2.05) is 30.3 Å². The fourth-order valence-corrected chi connectivity index (χ4v) is 2.88. The van der Waals surface area contributed by atoms with Crippen LogP contribution in [0.15, 0.2) is 83.4 Å². The highest BCUT2D eigenvalue weighted by molar-refractivity contribution is 6.05. The van der Waals surface area contributed by atoms with E-state index < -0.39 is 0 Å². The van der Waals surface area contributed by atoms with Gasteiger partial charge in [-0.05, 0) is 42.5 Å². The molecule has 0 unspecified atom stereocenters. The number of nitrogens with zero attached hydrogens (tertiary/aromatic N) is 2. The molecular formula is C23H18N4O3. The summed E-state index contributed by atoms with van der Waals surface area (Å²) in [5.74, 6) is 0.398. The van der Waals surface area contributed by atoms with Crippen molar-refractivity contribution < 1.29 is 14.1 Å². The van der Waals surface area contributed by atoms with Gasteiger partial charge in [0.1, 0.15) is 0 Å². The first kappa shape index (κ1) is 19.1. The van der Waals surface area contributed by atoms with Crippen LogP contribution in [-0.2, 0) is 4.79 Å². The van der Waals surface area contributed by atoms with Crippen molar-refractivity contribution >= 4 is 23.2 Å². The molecular weight excluding hydrogens is 380 g/mol. The lowest BCUT2D eigenvalue weighted by atomic mass is 10.1. The van der Waals surface area contributed by atoms with Crippen molar-refractivity contribution in [2.75, 3.05) is 10.6 Å². The molecule has 0 saturated carbocycles. The first-order chi connectivity index (χ1) is 14.6. The maximum atomic E-state index is 12.6. The molecule has 0 aliphatic carbocycles. The van der Waals surface area contributed by atoms with Crippen LogP contribution >= 0.6 is 0 Å². The Morgan fingerprint density at radius 2 is 1.47 bits per heavy atom. The van der Waals surface area contributed by atoms with E-state index in [1.165, 1.54) is 6.92 Å². The lowest BCUT2D eigenvalue weighted by Gasteiger charge is -2.07. The van der Waals surface area contributed by atoms with E-state index in [0.717, 1.165) is 5.56 Å². The Morgan fingerprint density at radius 1 is 0.800 bits per heavy atom. The van der Waals surface area contributed by atoms with E-state index in [4.69, 9.17) is 4.52 Å². The normalized spacial score (nSPS) is 10.4. The Bertz CT molecular complexity index is 1180. The van der Waals surface area contributed by atoms with Crippen molar-refractivity contribution in [3.05, 3.63) is 84.4 Å². The Balaban J connectivity index is 1.50. The first-order valence-corrected chi connectivity index (χ1v) is 9.27. The Morgan fingerprint density at radius 3 is 2.17 bits per heavy atom. The van der Waals surface area contributed by atoms with Crippen LogP contribution in [0.4, 0.5) is 11.4 Å². The maximum Gasteiger partial charge on any atom is 0.258 e. The fourth-order valence-electron chi connectivity index (χ4n) is 2.88. The van der Waals surface area contributed by atoms with Crippen LogP contribution in [0.1, 0.15) is 17.3 Å². The third-order valence-electron chi connectivity index (χ3n) is 4.29. The van der Waals surface area contributed by atoms with E-state index in [9.17, 15) is 9.59 Å². The smallest absolute Gasteiger partial charge is 0.258 e. The zero-order chi connectivity index (χ0) is 20.9. The van der Waals surface area contributed by atoms with Gasteiger partial charge in [-0.1, -0.05) is 41.6 Å². The van der Waals surface area contributed by atoms with Crippen LogP contribution in [0.2, 0.25) is 0 Å². The van der Waals surface area contributed by atoms with E-state index in [2.05, 4.69) is 20.8 Å². The van der Waals surface area contributed by atoms with Gasteiger partial charge in [-0.25, -0.2) is 0 Å². The zero-order valence-corrected chi connectivity index (χ0v) is 16.1. The highest BCUT2D eigenvalue weighted by atomic mass is 16.5. The molecule has 0 radical (unpaired) electrons. The summed E-state index contributed by atoms with van der Waals surface area (Å²) in [6, 6.07) is 23.4. The fraction of sp³-hybridized carbons (Fsp3) is 0.0435. The molecule has 0 bridgehead atoms. The minimum atomic E-state index is -0.271. The molecule has 0 aliphatic rings. The zero-order valence-electron chi connectivity index (χ0n) is 16.1. The quantitative estimate of drug-likeness (QED) is 0.511. The number of carbonyl (C=O) groups is 2. The molecule has 4 rings (SSSR count). The minimum absolute atomic E-state index is 0.153. The number of nitrogens with one attached hydrogen (secondary N) is 2. The molecule has 0 atom stereocenters. The summed E-state index contributed by atoms with van der Waals surface area (Å²) in [4.78, 5) is 28.2. The maximum absolute atomic E-state index is 12.6. The van der Waals surface area contributed by atoms with Gasteiger partial charge in [0.2, 0.25) is 11.7 Å². The topological polar surface area (TPSA) is 97.1 Å². The molecule has 2 N–H and O–H groups in total. The molecule has 30 heavy (non-hydrogen) atoms. The summed E-state index contributed by atoms with van der Waals surface area (Å²) >= 11 is 0. The van der Waals surface area contributed by atoms with Crippen molar-refractivity contribution in [3.8, 4) is 22.8 Å². The van der Waals surface area contributed by atoms with Crippen LogP contribution in [0.3, 0.4) is 0 Å². The van der Waals surface area contributed by atoms with Gasteiger partial charge in [-0.3, -0.25) is 9.59 Å². The molecule has 0 aliphatic heterocycles. The molecule has 0 fully saturated rings. The second-order valence-electron chi connectivity index (χ2n) is 6.58. The lowest BCUT2D eigenvalue weighted by Crippen LogP contribution is -2.12. The minimum Gasteiger partial charge on any atom is -0.334 e. The molecule has 7 nitrogen and oxygen atoms in total. The number of hydrogen-bond donors (Lipinski definition) is 2. The average Bonchev–Trinajstić information content (AvgIpc) is 3.26. The van der Waals surface area contributed by atoms with Crippen LogP contribution < -0.4 is 10.6 Å². The molecule has 2 amide bonds. The first-order valence-electron chi connectivity index (χ1n) is 9.27. The molecule has 0 spiro atoms. The van der Waals surface area contributed by atoms with Gasteiger partial charge < -0.3 is 15.2 Å². The van der Waals surface area contributed by atoms with E-state index in [0.29, 0.717) is 34.2 Å². The lowest BCUT2D eigenvalue weighted by molar-refractivity contribution is -0.114. The van der Waals surface area contributed by atoms with Crippen molar-refractivity contribution in [3.63, 3.8) is 0 Å². The highest BCUT2D eigenvalue weighted by Crippen LogP contribution is 2.23. The number of rotatable bonds is 5. The second kappa shape index (κ2) is 8.40. The summed E-state index contributed by atoms with van der Waals surface area (Å²) in [5, 5.41) is 9.53. The third-order valence-corrected chi connectivity index (χ3v) is 4.29. The predicted molar refractivity (Wildman–Crippen MR) is 114 cm³/mol. The molecule has 4 aromatic rings. The number of anilines is 2. The van der Waals surface area contributed by atoms with Crippen molar-refractivity contribution in [2.45, 2.75) is 6.92 Å². The van der Waals surface area contributed by atoms with E-state index in [-0.39, 0.29) is 11.8 Å². The molecule has 1 heterocycles. The van der Waals surface area contributed by atoms with Crippen LogP contribution in [-0.4, -0.2) is 22.0 Å². The Labute approximate surface area is 172 Å². The molecule has 148 valence electrons. The Hall–Kier alpha value is -4.26. The molecule has 3 aromatic carbocycles. The number of aromatic nitrogens is 2.